The molecule has 0 saturated heterocycles. The third kappa shape index (κ3) is 1.56. The van der Waals surface area contributed by atoms with E-state index in [1.165, 1.54) is 0 Å². The van der Waals surface area contributed by atoms with E-state index in [1.807, 2.05) is 19.1 Å². The van der Waals surface area contributed by atoms with Crippen molar-refractivity contribution in [1.82, 2.24) is 5.16 Å². The number of anilines is 2. The molecule has 3 N–H and O–H groups in total. The van der Waals surface area contributed by atoms with Crippen molar-refractivity contribution in [3.8, 4) is 11.3 Å². The molecule has 0 saturated carbocycles. The quantitative estimate of drug-likeness (QED) is 0.780. The number of rotatable bonds is 1. The highest BCUT2D eigenvalue weighted by Gasteiger charge is 2.23. The third-order valence-electron chi connectivity index (χ3n) is 2.78. The topological polar surface area (TPSA) is 81.2 Å². The largest absolute Gasteiger partial charge is 0.368 e. The molecule has 0 unspecified atom stereocenters. The van der Waals surface area contributed by atoms with Gasteiger partial charge in [-0.2, -0.15) is 0 Å². The van der Waals surface area contributed by atoms with Gasteiger partial charge in [0.2, 0.25) is 11.8 Å². The Labute approximate surface area is 97.6 Å². The molecule has 5 nitrogen and oxygen atoms in total. The lowest BCUT2D eigenvalue weighted by atomic mass is 10.0. The summed E-state index contributed by atoms with van der Waals surface area (Å²) in [6, 6.07) is 5.61. The van der Waals surface area contributed by atoms with Gasteiger partial charge in [-0.1, -0.05) is 16.8 Å². The van der Waals surface area contributed by atoms with Crippen molar-refractivity contribution in [1.29, 1.82) is 0 Å². The van der Waals surface area contributed by atoms with Crippen molar-refractivity contribution < 1.29 is 9.32 Å². The van der Waals surface area contributed by atoms with Crippen molar-refractivity contribution >= 4 is 17.5 Å². The number of carbonyl (C=O) groups is 1. The van der Waals surface area contributed by atoms with Crippen LogP contribution in [0.1, 0.15) is 11.1 Å². The molecule has 3 rings (SSSR count). The van der Waals surface area contributed by atoms with Gasteiger partial charge in [0.05, 0.1) is 12.1 Å². The second-order valence-corrected chi connectivity index (χ2v) is 4.19. The lowest BCUT2D eigenvalue weighted by Crippen LogP contribution is -2.04. The van der Waals surface area contributed by atoms with Crippen molar-refractivity contribution in [2.45, 2.75) is 13.3 Å². The van der Waals surface area contributed by atoms with Crippen molar-refractivity contribution in [2.24, 2.45) is 0 Å². The number of nitrogens with two attached hydrogens (primary N) is 1. The van der Waals surface area contributed by atoms with Gasteiger partial charge in [0.15, 0.2) is 0 Å². The number of benzene rings is 1. The van der Waals surface area contributed by atoms with Gasteiger partial charge in [-0.15, -0.1) is 0 Å². The fraction of sp³-hybridized carbons (Fsp3) is 0.167. The number of nitrogen functional groups attached to an aromatic ring is 1. The third-order valence-corrected chi connectivity index (χ3v) is 2.78. The van der Waals surface area contributed by atoms with Gasteiger partial charge >= 0.3 is 0 Å². The molecule has 1 aromatic heterocycles. The molecule has 86 valence electrons. The van der Waals surface area contributed by atoms with Crippen LogP contribution in [0.15, 0.2) is 22.7 Å². The van der Waals surface area contributed by atoms with E-state index in [9.17, 15) is 4.79 Å². The Hall–Kier alpha value is -2.30. The molecule has 5 heteroatoms. The average molecular weight is 229 g/mol. The van der Waals surface area contributed by atoms with E-state index in [2.05, 4.69) is 10.5 Å². The summed E-state index contributed by atoms with van der Waals surface area (Å²) in [4.78, 5) is 11.4. The summed E-state index contributed by atoms with van der Waals surface area (Å²) in [6.45, 7) is 1.98. The number of amides is 1. The molecule has 1 aliphatic rings. The first-order chi connectivity index (χ1) is 8.13. The second kappa shape index (κ2) is 3.35. The molecule has 0 aliphatic carbocycles. The van der Waals surface area contributed by atoms with E-state index in [4.69, 9.17) is 10.3 Å². The van der Waals surface area contributed by atoms with Gasteiger partial charge in [0.1, 0.15) is 5.69 Å². The number of carbonyl (C=O) groups excluding carboxylic acids is 1. The molecule has 0 radical (unpaired) electrons. The van der Waals surface area contributed by atoms with E-state index in [-0.39, 0.29) is 11.8 Å². The summed E-state index contributed by atoms with van der Waals surface area (Å²) in [5, 5.41) is 6.72. The number of hydrogen-bond acceptors (Lipinski definition) is 4. The van der Waals surface area contributed by atoms with Gasteiger partial charge < -0.3 is 15.6 Å². The predicted molar refractivity (Wildman–Crippen MR) is 63.4 cm³/mol. The predicted octanol–water partition coefficient (Wildman–Crippen LogP) is 1.73. The van der Waals surface area contributed by atoms with Gasteiger partial charge in [0.25, 0.3) is 0 Å². The van der Waals surface area contributed by atoms with Crippen LogP contribution in [0.5, 0.6) is 0 Å². The molecule has 0 spiro atoms. The fourth-order valence-electron chi connectivity index (χ4n) is 2.12. The molecular formula is C12H11N3O2. The summed E-state index contributed by atoms with van der Waals surface area (Å²) in [5.41, 5.74) is 9.89. The smallest absolute Gasteiger partial charge is 0.228 e. The monoisotopic (exact) mass is 229 g/mol. The number of fused-ring (bicyclic) bond motifs is 1. The molecule has 2 aromatic rings. The van der Waals surface area contributed by atoms with Crippen LogP contribution in [-0.2, 0) is 11.2 Å². The highest BCUT2D eigenvalue weighted by molar-refractivity contribution is 6.03. The summed E-state index contributed by atoms with van der Waals surface area (Å²) in [6.07, 6.45) is 0.414. The van der Waals surface area contributed by atoms with E-state index in [0.717, 1.165) is 22.4 Å². The van der Waals surface area contributed by atoms with Crippen LogP contribution < -0.4 is 11.1 Å². The normalized spacial score (nSPS) is 13.6. The lowest BCUT2D eigenvalue weighted by Gasteiger charge is -2.06. The van der Waals surface area contributed by atoms with E-state index in [1.54, 1.807) is 6.07 Å². The lowest BCUT2D eigenvalue weighted by molar-refractivity contribution is -0.115. The first kappa shape index (κ1) is 9.89. The average Bonchev–Trinajstić information content (AvgIpc) is 2.82. The van der Waals surface area contributed by atoms with Crippen molar-refractivity contribution in [3.05, 3.63) is 29.3 Å². The number of nitrogens with one attached hydrogen (secondary N) is 1. The van der Waals surface area contributed by atoms with Crippen LogP contribution in [-0.4, -0.2) is 11.1 Å². The number of aryl methyl sites for hydroxylation is 1. The maximum absolute atomic E-state index is 11.4. The Morgan fingerprint density at radius 3 is 2.94 bits per heavy atom. The molecule has 1 aliphatic heterocycles. The first-order valence-electron chi connectivity index (χ1n) is 5.29. The fourth-order valence-corrected chi connectivity index (χ4v) is 2.12. The standard InChI is InChI=1S/C12H11N3O2/c1-6-2-7-4-11(16)14-12(7)8(3-6)9-5-10(13)17-15-9/h2-3,5H,4,13H2,1H3,(H,14,16). The molecule has 2 heterocycles. The minimum absolute atomic E-state index is 0.00307. The Morgan fingerprint density at radius 2 is 2.24 bits per heavy atom. The number of aromatic nitrogens is 1. The maximum Gasteiger partial charge on any atom is 0.228 e. The zero-order valence-corrected chi connectivity index (χ0v) is 9.28. The summed E-state index contributed by atoms with van der Waals surface area (Å²) in [5.74, 6) is 0.267. The molecule has 17 heavy (non-hydrogen) atoms. The molecule has 0 fully saturated rings. The second-order valence-electron chi connectivity index (χ2n) is 4.19. The Kier molecular flexibility index (Phi) is 1.95. The molecule has 0 atom stereocenters. The Balaban J connectivity index is 2.21. The molecule has 1 amide bonds. The van der Waals surface area contributed by atoms with Crippen LogP contribution >= 0.6 is 0 Å². The van der Waals surface area contributed by atoms with Crippen molar-refractivity contribution in [3.63, 3.8) is 0 Å². The van der Waals surface area contributed by atoms with E-state index < -0.39 is 0 Å². The first-order valence-corrected chi connectivity index (χ1v) is 5.29. The minimum atomic E-state index is 0.00307. The summed E-state index contributed by atoms with van der Waals surface area (Å²) < 4.78 is 4.86. The van der Waals surface area contributed by atoms with Crippen LogP contribution in [0.2, 0.25) is 0 Å². The van der Waals surface area contributed by atoms with E-state index >= 15 is 0 Å². The Morgan fingerprint density at radius 1 is 1.41 bits per heavy atom. The van der Waals surface area contributed by atoms with Gasteiger partial charge in [0, 0.05) is 11.6 Å². The van der Waals surface area contributed by atoms with Crippen LogP contribution in [0.25, 0.3) is 11.3 Å². The minimum Gasteiger partial charge on any atom is -0.368 e. The van der Waals surface area contributed by atoms with Gasteiger partial charge in [-0.25, -0.2) is 0 Å². The van der Waals surface area contributed by atoms with Crippen molar-refractivity contribution in [2.75, 3.05) is 11.1 Å². The van der Waals surface area contributed by atoms with Crippen LogP contribution in [0, 0.1) is 6.92 Å². The zero-order valence-electron chi connectivity index (χ0n) is 9.28. The summed E-state index contributed by atoms with van der Waals surface area (Å²) in [7, 11) is 0. The van der Waals surface area contributed by atoms with Crippen LogP contribution in [0.3, 0.4) is 0 Å². The van der Waals surface area contributed by atoms with Crippen LogP contribution in [0.4, 0.5) is 11.6 Å². The zero-order chi connectivity index (χ0) is 12.0. The highest BCUT2D eigenvalue weighted by Crippen LogP contribution is 2.35. The number of hydrogen-bond donors (Lipinski definition) is 2. The SMILES string of the molecule is Cc1cc2c(c(-c3cc(N)on3)c1)NC(=O)C2. The maximum atomic E-state index is 11.4. The molecule has 0 bridgehead atoms. The Bertz CT molecular complexity index is 616. The van der Waals surface area contributed by atoms with Gasteiger partial charge in [-0.3, -0.25) is 4.79 Å². The summed E-state index contributed by atoms with van der Waals surface area (Å²) >= 11 is 0. The number of nitrogens with zero attached hydrogens (tertiary/aromatic N) is 1. The van der Waals surface area contributed by atoms with Gasteiger partial charge in [-0.05, 0) is 18.6 Å². The molecule has 1 aromatic carbocycles. The molecular weight excluding hydrogens is 218 g/mol. The highest BCUT2D eigenvalue weighted by atomic mass is 16.5. The van der Waals surface area contributed by atoms with E-state index in [0.29, 0.717) is 12.1 Å².